The molecule has 0 aliphatic carbocycles. The van der Waals surface area contributed by atoms with Crippen LogP contribution in [0.15, 0.2) is 17.9 Å². The molecule has 0 atom stereocenters. The highest BCUT2D eigenvalue weighted by atomic mass is 19.4. The van der Waals surface area contributed by atoms with Gasteiger partial charge in [-0.3, -0.25) is 9.59 Å². The van der Waals surface area contributed by atoms with Gasteiger partial charge in [-0.1, -0.05) is 6.92 Å². The van der Waals surface area contributed by atoms with Gasteiger partial charge in [0.25, 0.3) is 5.91 Å². The number of benzene rings is 1. The monoisotopic (exact) mass is 385 g/mol. The van der Waals surface area contributed by atoms with Crippen LogP contribution in [0.2, 0.25) is 0 Å². The number of hydrogen-bond acceptors (Lipinski definition) is 4. The van der Waals surface area contributed by atoms with Crippen molar-refractivity contribution in [1.82, 2.24) is 5.32 Å². The summed E-state index contributed by atoms with van der Waals surface area (Å²) in [5.74, 6) is -0.703. The Balaban J connectivity index is 2.59. The summed E-state index contributed by atoms with van der Waals surface area (Å²) in [6.45, 7) is 6.74. The fraction of sp³-hybridized carbons (Fsp3) is 0.474. The van der Waals surface area contributed by atoms with E-state index in [1.54, 1.807) is 20.8 Å². The third kappa shape index (κ3) is 4.61. The van der Waals surface area contributed by atoms with Crippen molar-refractivity contribution in [2.45, 2.75) is 52.8 Å². The average Bonchev–Trinajstić information content (AvgIpc) is 2.72. The van der Waals surface area contributed by atoms with Crippen LogP contribution in [-0.4, -0.2) is 30.2 Å². The Kier molecular flexibility index (Phi) is 5.58. The predicted molar refractivity (Wildman–Crippen MR) is 93.0 cm³/mol. The Hall–Kier alpha value is -2.51. The van der Waals surface area contributed by atoms with Gasteiger partial charge in [0.05, 0.1) is 11.1 Å². The second kappa shape index (κ2) is 7.25. The molecule has 1 aliphatic rings. The van der Waals surface area contributed by atoms with E-state index < -0.39 is 30.2 Å². The van der Waals surface area contributed by atoms with Gasteiger partial charge >= 0.3 is 12.1 Å². The lowest BCUT2D eigenvalue weighted by molar-refractivity contribution is -0.153. The molecule has 1 amide bonds. The molecule has 8 heteroatoms. The third-order valence-electron chi connectivity index (χ3n) is 4.12. The number of rotatable bonds is 5. The van der Waals surface area contributed by atoms with E-state index in [4.69, 9.17) is 9.47 Å². The Morgan fingerprint density at radius 3 is 2.41 bits per heavy atom. The first-order valence-corrected chi connectivity index (χ1v) is 8.45. The minimum absolute atomic E-state index is 0.0673. The molecular formula is C19H22F3NO4. The predicted octanol–water partition coefficient (Wildman–Crippen LogP) is 3.68. The van der Waals surface area contributed by atoms with E-state index in [9.17, 15) is 22.8 Å². The van der Waals surface area contributed by atoms with E-state index >= 15 is 0 Å². The van der Waals surface area contributed by atoms with E-state index in [1.807, 2.05) is 6.92 Å². The van der Waals surface area contributed by atoms with Gasteiger partial charge in [0.1, 0.15) is 11.5 Å². The largest absolute Gasteiger partial charge is 0.484 e. The second-order valence-electron chi connectivity index (χ2n) is 6.91. The molecule has 0 bridgehead atoms. The molecule has 0 unspecified atom stereocenters. The van der Waals surface area contributed by atoms with Crippen LogP contribution in [-0.2, 0) is 20.7 Å². The normalized spacial score (nSPS) is 16.4. The number of carbonyl (C=O) groups excluding carboxylic acids is 2. The van der Waals surface area contributed by atoms with Gasteiger partial charge in [-0.25, -0.2) is 0 Å². The SMILES string of the molecule is CCc1cc(OCC(F)(F)F)cc(C)c1C1=C(OC(C)=O)C(C)(C)NC1=O. The van der Waals surface area contributed by atoms with Crippen LogP contribution < -0.4 is 10.1 Å². The molecule has 0 fully saturated rings. The summed E-state index contributed by atoms with van der Waals surface area (Å²) in [5, 5.41) is 2.77. The molecule has 0 saturated heterocycles. The van der Waals surface area contributed by atoms with Crippen LogP contribution in [0.3, 0.4) is 0 Å². The van der Waals surface area contributed by atoms with Gasteiger partial charge in [0.15, 0.2) is 6.61 Å². The second-order valence-corrected chi connectivity index (χ2v) is 6.91. The van der Waals surface area contributed by atoms with Crippen molar-refractivity contribution in [2.75, 3.05) is 6.61 Å². The molecule has 5 nitrogen and oxygen atoms in total. The van der Waals surface area contributed by atoms with Gasteiger partial charge in [-0.15, -0.1) is 0 Å². The molecule has 0 spiro atoms. The summed E-state index contributed by atoms with van der Waals surface area (Å²) in [4.78, 5) is 24.1. The molecule has 1 heterocycles. The van der Waals surface area contributed by atoms with Crippen LogP contribution in [0.4, 0.5) is 13.2 Å². The number of halogens is 3. The fourth-order valence-electron chi connectivity index (χ4n) is 3.08. The van der Waals surface area contributed by atoms with Crippen molar-refractivity contribution in [3.63, 3.8) is 0 Å². The summed E-state index contributed by atoms with van der Waals surface area (Å²) in [5.41, 5.74) is 1.04. The highest BCUT2D eigenvalue weighted by molar-refractivity contribution is 6.24. The smallest absolute Gasteiger partial charge is 0.422 e. The van der Waals surface area contributed by atoms with Crippen molar-refractivity contribution in [3.05, 3.63) is 34.6 Å². The number of nitrogens with one attached hydrogen (secondary N) is 1. The lowest BCUT2D eigenvalue weighted by Gasteiger charge is -2.21. The molecule has 0 aromatic heterocycles. The lowest BCUT2D eigenvalue weighted by atomic mass is 9.91. The van der Waals surface area contributed by atoms with Crippen LogP contribution in [0.25, 0.3) is 5.57 Å². The van der Waals surface area contributed by atoms with Crippen molar-refractivity contribution in [3.8, 4) is 5.75 Å². The quantitative estimate of drug-likeness (QED) is 0.786. The minimum atomic E-state index is -4.45. The van der Waals surface area contributed by atoms with Crippen molar-refractivity contribution < 1.29 is 32.2 Å². The van der Waals surface area contributed by atoms with Gasteiger partial charge in [0.2, 0.25) is 0 Å². The van der Waals surface area contributed by atoms with E-state index in [0.717, 1.165) is 0 Å². The van der Waals surface area contributed by atoms with Crippen molar-refractivity contribution in [1.29, 1.82) is 0 Å². The Morgan fingerprint density at radius 2 is 1.89 bits per heavy atom. The van der Waals surface area contributed by atoms with E-state index in [-0.39, 0.29) is 17.1 Å². The van der Waals surface area contributed by atoms with E-state index in [2.05, 4.69) is 5.32 Å². The zero-order valence-electron chi connectivity index (χ0n) is 15.8. The van der Waals surface area contributed by atoms with Crippen LogP contribution in [0, 0.1) is 6.92 Å². The van der Waals surface area contributed by atoms with Crippen molar-refractivity contribution in [2.24, 2.45) is 0 Å². The summed E-state index contributed by atoms with van der Waals surface area (Å²) < 4.78 is 47.4. The average molecular weight is 385 g/mol. The standard InChI is InChI=1S/C19H22F3NO4/c1-6-12-8-13(26-9-19(20,21)22)7-10(2)14(12)15-16(27-11(3)24)18(4,5)23-17(15)25/h7-8H,6,9H2,1-5H3,(H,23,25). The lowest BCUT2D eigenvalue weighted by Crippen LogP contribution is -2.39. The topological polar surface area (TPSA) is 64.6 Å². The molecule has 27 heavy (non-hydrogen) atoms. The first-order valence-electron chi connectivity index (χ1n) is 8.45. The zero-order valence-corrected chi connectivity index (χ0v) is 15.8. The summed E-state index contributed by atoms with van der Waals surface area (Å²) >= 11 is 0. The first-order chi connectivity index (χ1) is 12.4. The number of hydrogen-bond donors (Lipinski definition) is 1. The van der Waals surface area contributed by atoms with Gasteiger partial charge in [-0.2, -0.15) is 13.2 Å². The molecule has 1 aromatic carbocycles. The summed E-state index contributed by atoms with van der Waals surface area (Å²) in [6, 6.07) is 2.92. The fourth-order valence-corrected chi connectivity index (χ4v) is 3.08. The van der Waals surface area contributed by atoms with E-state index in [0.29, 0.717) is 23.1 Å². The molecule has 1 N–H and O–H groups in total. The summed E-state index contributed by atoms with van der Waals surface area (Å²) in [7, 11) is 0. The van der Waals surface area contributed by atoms with Crippen LogP contribution >= 0.6 is 0 Å². The third-order valence-corrected chi connectivity index (χ3v) is 4.12. The molecular weight excluding hydrogens is 363 g/mol. The maximum atomic E-state index is 12.6. The Labute approximate surface area is 155 Å². The molecule has 2 rings (SSSR count). The number of carbonyl (C=O) groups is 2. The number of alkyl halides is 3. The maximum absolute atomic E-state index is 12.6. The van der Waals surface area contributed by atoms with Gasteiger partial charge in [-0.05, 0) is 56.0 Å². The highest BCUT2D eigenvalue weighted by Crippen LogP contribution is 2.38. The maximum Gasteiger partial charge on any atom is 0.422 e. The van der Waals surface area contributed by atoms with Gasteiger partial charge in [0, 0.05) is 6.92 Å². The molecule has 0 saturated carbocycles. The number of ether oxygens (including phenoxy) is 2. The molecule has 1 aromatic rings. The van der Waals surface area contributed by atoms with E-state index in [1.165, 1.54) is 19.1 Å². The Bertz CT molecular complexity index is 810. The van der Waals surface area contributed by atoms with Crippen LogP contribution in [0.1, 0.15) is 44.4 Å². The summed E-state index contributed by atoms with van der Waals surface area (Å²) in [6.07, 6.45) is -4.00. The molecule has 1 aliphatic heterocycles. The minimum Gasteiger partial charge on any atom is -0.484 e. The van der Waals surface area contributed by atoms with Crippen LogP contribution in [0.5, 0.6) is 5.75 Å². The number of amides is 1. The highest BCUT2D eigenvalue weighted by Gasteiger charge is 2.42. The van der Waals surface area contributed by atoms with Gasteiger partial charge < -0.3 is 14.8 Å². The molecule has 0 radical (unpaired) electrons. The van der Waals surface area contributed by atoms with Crippen molar-refractivity contribution >= 4 is 17.4 Å². The number of esters is 1. The Morgan fingerprint density at radius 1 is 1.26 bits per heavy atom. The first kappa shape index (κ1) is 20.8. The zero-order chi connectivity index (χ0) is 20.6. The molecule has 148 valence electrons. The number of aryl methyl sites for hydroxylation is 2.